The maximum atomic E-state index is 13.0. The predicted molar refractivity (Wildman–Crippen MR) is 184 cm³/mol. The second-order valence-corrected chi connectivity index (χ2v) is 10.6. The molecule has 0 saturated carbocycles. The second-order valence-electron chi connectivity index (χ2n) is 10.6. The Hall–Kier alpha value is -6.88. The van der Waals surface area contributed by atoms with Gasteiger partial charge in [-0.3, -0.25) is 40.5 Å². The van der Waals surface area contributed by atoms with Crippen LogP contribution in [0, 0.1) is 74.0 Å². The van der Waals surface area contributed by atoms with Crippen molar-refractivity contribution < 1.29 is 37.3 Å². The van der Waals surface area contributed by atoms with Crippen LogP contribution in [0.15, 0.2) is 24.5 Å². The highest BCUT2D eigenvalue weighted by Crippen LogP contribution is 2.34. The van der Waals surface area contributed by atoms with Crippen LogP contribution in [-0.2, 0) is 19.0 Å². The number of pyridine rings is 4. The van der Waals surface area contributed by atoms with Crippen LogP contribution in [0.1, 0.15) is 53.1 Å². The monoisotopic (exact) mass is 754 g/mol. The van der Waals surface area contributed by atoms with Gasteiger partial charge in [0.25, 0.3) is 0 Å². The van der Waals surface area contributed by atoms with Gasteiger partial charge >= 0.3 is 28.9 Å². The van der Waals surface area contributed by atoms with Crippen molar-refractivity contribution >= 4 is 46.0 Å². The molecule has 4 aromatic heterocycles. The molecule has 0 saturated heterocycles. The van der Waals surface area contributed by atoms with Crippen molar-refractivity contribution in [3.63, 3.8) is 0 Å². The Morgan fingerprint density at radius 2 is 1.17 bits per heavy atom. The van der Waals surface area contributed by atoms with Gasteiger partial charge in [-0.15, -0.1) is 0 Å². The maximum absolute atomic E-state index is 13.0. The lowest BCUT2D eigenvalue weighted by atomic mass is 10.1. The van der Waals surface area contributed by atoms with Gasteiger partial charge in [-0.25, -0.2) is 24.3 Å². The number of hydrogen-bond acceptors (Lipinski definition) is 16. The number of nitrogens with two attached hydrogens (primary N) is 4. The molecule has 0 spiro atoms. The smallest absolute Gasteiger partial charge is 0.378 e. The normalized spacial score (nSPS) is 10.4. The quantitative estimate of drug-likeness (QED) is 0.102. The summed E-state index contributed by atoms with van der Waals surface area (Å²) in [5.41, 5.74) is 21.2. The van der Waals surface area contributed by atoms with E-state index in [0.717, 1.165) is 29.1 Å². The number of nitro groups is 4. The van der Waals surface area contributed by atoms with Gasteiger partial charge in [0.2, 0.25) is 23.3 Å². The molecule has 4 heterocycles. The summed E-state index contributed by atoms with van der Waals surface area (Å²) in [5, 5.41) is 41.8. The molecule has 0 aromatic carbocycles. The number of rotatable bonds is 6. The van der Waals surface area contributed by atoms with Crippen LogP contribution in [0.3, 0.4) is 0 Å². The molecule has 0 atom stereocenters. The molecule has 4 aromatic rings. The zero-order chi connectivity index (χ0) is 41.1. The molecule has 20 nitrogen and oxygen atoms in total. The van der Waals surface area contributed by atoms with Gasteiger partial charge < -0.3 is 22.9 Å². The van der Waals surface area contributed by atoms with Crippen LogP contribution in [0.2, 0.25) is 0 Å². The standard InChI is InChI=1S/C8H8F3N3O2.C8H11N3O2.C7H8FN3O2.C6H7N3O2/c1-2-4-3-5(14(15)16)7(12)13-6(4)8(9,10)11;1-4-5(2)7(11(12)13)8(9)10-6(4)3;1-2-4-5(8)3-10-7(9)6(4)11(12)13;1-4-2-5(9(10)11)6(7)8-3-4/h3H,2H2,1H3,(H2,12,13);1-3H3,(H2,9,10);3H,2H2,1H3,(H2,9,10);2-3H,1H3,(H2,7,8). The lowest BCUT2D eigenvalue weighted by Gasteiger charge is -2.11. The summed E-state index contributed by atoms with van der Waals surface area (Å²) in [4.78, 5) is 53.1. The summed E-state index contributed by atoms with van der Waals surface area (Å²) in [7, 11) is 0. The van der Waals surface area contributed by atoms with Crippen LogP contribution < -0.4 is 22.9 Å². The third-order valence-corrected chi connectivity index (χ3v) is 7.03. The third kappa shape index (κ3) is 11.6. The SMILES string of the molecule is CCc1c(F)cnc(N)c1[N+](=O)[O-].CCc1cc([N+](=O)[O-])c(N)nc1C(F)(F)F.Cc1cnc(N)c([N+](=O)[O-])c1.Cc1nc(N)c([N+](=O)[O-])c(C)c1C. The summed E-state index contributed by atoms with van der Waals surface area (Å²) < 4.78 is 50.3. The number of hydrogen-bond donors (Lipinski definition) is 4. The molecule has 0 aliphatic heterocycles. The fraction of sp³-hybridized carbons (Fsp3) is 0.310. The number of aromatic nitrogens is 4. The Bertz CT molecular complexity index is 2030. The Morgan fingerprint density at radius 1 is 0.660 bits per heavy atom. The van der Waals surface area contributed by atoms with Crippen molar-refractivity contribution in [2.75, 3.05) is 22.9 Å². The fourth-order valence-corrected chi connectivity index (χ4v) is 4.19. The summed E-state index contributed by atoms with van der Waals surface area (Å²) in [6, 6.07) is 2.20. The highest BCUT2D eigenvalue weighted by atomic mass is 19.4. The molecular weight excluding hydrogens is 720 g/mol. The van der Waals surface area contributed by atoms with Gasteiger partial charge in [-0.1, -0.05) is 13.8 Å². The van der Waals surface area contributed by atoms with E-state index in [1.165, 1.54) is 19.2 Å². The topological polar surface area (TPSA) is 328 Å². The Morgan fingerprint density at radius 3 is 1.58 bits per heavy atom. The van der Waals surface area contributed by atoms with Crippen molar-refractivity contribution in [1.29, 1.82) is 0 Å². The van der Waals surface area contributed by atoms with Crippen molar-refractivity contribution in [2.45, 2.75) is 60.6 Å². The van der Waals surface area contributed by atoms with Gasteiger partial charge in [0.05, 0.1) is 31.5 Å². The highest BCUT2D eigenvalue weighted by molar-refractivity contribution is 5.60. The summed E-state index contributed by atoms with van der Waals surface area (Å²) in [6.07, 6.45) is -2.07. The van der Waals surface area contributed by atoms with Gasteiger partial charge in [0, 0.05) is 29.6 Å². The van der Waals surface area contributed by atoms with Gasteiger partial charge in [0.15, 0.2) is 11.5 Å². The first kappa shape index (κ1) is 44.1. The summed E-state index contributed by atoms with van der Waals surface area (Å²) in [6.45, 7) is 10.0. The van der Waals surface area contributed by atoms with Crippen LogP contribution in [0.5, 0.6) is 0 Å². The van der Waals surface area contributed by atoms with E-state index in [9.17, 15) is 58.0 Å². The molecule has 8 N–H and O–H groups in total. The van der Waals surface area contributed by atoms with E-state index in [4.69, 9.17) is 22.9 Å². The molecule has 24 heteroatoms. The number of aryl methyl sites for hydroxylation is 3. The number of nitrogens with zero attached hydrogens (tertiary/aromatic N) is 8. The number of halogens is 4. The minimum atomic E-state index is -4.66. The maximum Gasteiger partial charge on any atom is 0.433 e. The Labute approximate surface area is 296 Å². The molecule has 4 rings (SSSR count). The first-order valence-electron chi connectivity index (χ1n) is 14.7. The molecule has 286 valence electrons. The average molecular weight is 755 g/mol. The van der Waals surface area contributed by atoms with Gasteiger partial charge in [-0.05, 0) is 57.2 Å². The number of anilines is 4. The largest absolute Gasteiger partial charge is 0.433 e. The van der Waals surface area contributed by atoms with Crippen molar-refractivity contribution in [1.82, 2.24) is 19.9 Å². The van der Waals surface area contributed by atoms with Crippen molar-refractivity contribution in [2.24, 2.45) is 0 Å². The van der Waals surface area contributed by atoms with E-state index >= 15 is 0 Å². The number of nitrogen functional groups attached to an aromatic ring is 4. The lowest BCUT2D eigenvalue weighted by molar-refractivity contribution is -0.385. The first-order valence-corrected chi connectivity index (χ1v) is 14.7. The molecule has 0 radical (unpaired) electrons. The average Bonchev–Trinajstić information content (AvgIpc) is 3.05. The van der Waals surface area contributed by atoms with Crippen molar-refractivity contribution in [3.05, 3.63) is 110 Å². The Kier molecular flexibility index (Phi) is 15.3. The molecule has 0 aliphatic carbocycles. The minimum Gasteiger partial charge on any atom is -0.378 e. The van der Waals surface area contributed by atoms with Gasteiger partial charge in [0.1, 0.15) is 0 Å². The highest BCUT2D eigenvalue weighted by Gasteiger charge is 2.37. The lowest BCUT2D eigenvalue weighted by Crippen LogP contribution is -2.14. The molecule has 0 unspecified atom stereocenters. The van der Waals surface area contributed by atoms with Crippen LogP contribution in [0.25, 0.3) is 0 Å². The molecule has 0 bridgehead atoms. The minimum absolute atomic E-state index is 0.00231. The molecule has 0 amide bonds. The Balaban J connectivity index is 0.000000356. The zero-order valence-electron chi connectivity index (χ0n) is 28.9. The van der Waals surface area contributed by atoms with E-state index < -0.39 is 54.6 Å². The summed E-state index contributed by atoms with van der Waals surface area (Å²) in [5.74, 6) is -1.72. The first-order chi connectivity index (χ1) is 24.4. The van der Waals surface area contributed by atoms with Crippen molar-refractivity contribution in [3.8, 4) is 0 Å². The molecular formula is C29H34F4N12O8. The van der Waals surface area contributed by atoms with Gasteiger partial charge in [-0.2, -0.15) is 13.2 Å². The van der Waals surface area contributed by atoms with E-state index in [-0.39, 0.29) is 52.8 Å². The molecule has 53 heavy (non-hydrogen) atoms. The summed E-state index contributed by atoms with van der Waals surface area (Å²) >= 11 is 0. The fourth-order valence-electron chi connectivity index (χ4n) is 4.19. The molecule has 0 aliphatic rings. The van der Waals surface area contributed by atoms with E-state index in [1.54, 1.807) is 34.6 Å². The predicted octanol–water partition coefficient (Wildman–Crippen LogP) is 5.80. The van der Waals surface area contributed by atoms with Crippen LogP contribution in [-0.4, -0.2) is 39.6 Å². The van der Waals surface area contributed by atoms with Crippen LogP contribution in [0.4, 0.5) is 63.6 Å². The van der Waals surface area contributed by atoms with Crippen LogP contribution >= 0.6 is 0 Å². The zero-order valence-corrected chi connectivity index (χ0v) is 28.9. The molecule has 0 fully saturated rings. The van der Waals surface area contributed by atoms with E-state index in [1.807, 2.05) is 0 Å². The third-order valence-electron chi connectivity index (χ3n) is 7.03. The van der Waals surface area contributed by atoms with E-state index in [2.05, 4.69) is 19.9 Å². The second kappa shape index (κ2) is 18.4. The van der Waals surface area contributed by atoms with E-state index in [0.29, 0.717) is 5.56 Å². The number of alkyl halides is 3.